The molecule has 0 amide bonds. The van der Waals surface area contributed by atoms with E-state index in [4.69, 9.17) is 14.4 Å². The monoisotopic (exact) mass is 1140 g/mol. The highest BCUT2D eigenvalue weighted by molar-refractivity contribution is 6.04. The van der Waals surface area contributed by atoms with Gasteiger partial charge in [-0.05, 0) is 114 Å². The van der Waals surface area contributed by atoms with Crippen molar-refractivity contribution >= 4 is 11.0 Å². The Labute approximate surface area is 517 Å². The van der Waals surface area contributed by atoms with Crippen LogP contribution in [0.25, 0.3) is 101 Å². The number of hydrogen-bond donors (Lipinski definition) is 0. The van der Waals surface area contributed by atoms with Gasteiger partial charge in [0.05, 0.1) is 33.3 Å². The van der Waals surface area contributed by atoms with Crippen molar-refractivity contribution in [3.8, 4) is 89.9 Å². The van der Waals surface area contributed by atoms with Crippen LogP contribution >= 0.6 is 0 Å². The molecule has 0 N–H and O–H groups in total. The standard InChI is InChI=1S/C84H56N4O/c1-7-23-57(24-8-1)77-78(58-43-39-55(40-44-58)56-41-45-60(46-42-56)82-88-87-81(89-82)59-25-9-2-10-26-59)86-80-68(62-48-50-72-70-36-20-22-38-74(70)84(76(72)54-62,65-31-15-5-16-32-65)66-33-17-6-18-34-66)52-51-67(79(80)85-77)61-47-49-71-69-35-19-21-37-73(69)83(75(71)53-61,63-27-11-3-12-28-63)64-29-13-4-14-30-64/h1-54,70,74H. The molecule has 2 aromatic heterocycles. The summed E-state index contributed by atoms with van der Waals surface area (Å²) in [4.78, 5) is 12.0. The summed E-state index contributed by atoms with van der Waals surface area (Å²) in [6.45, 7) is 0. The fraction of sp³-hybridized carbons (Fsp3) is 0.0476. The Morgan fingerprint density at radius 2 is 0.685 bits per heavy atom. The molecule has 418 valence electrons. The van der Waals surface area contributed by atoms with E-state index >= 15 is 0 Å². The fourth-order valence-corrected chi connectivity index (χ4v) is 15.0. The molecule has 89 heavy (non-hydrogen) atoms. The Bertz CT molecular complexity index is 4960. The van der Waals surface area contributed by atoms with Crippen LogP contribution in [-0.2, 0) is 10.8 Å². The first kappa shape index (κ1) is 52.0. The summed E-state index contributed by atoms with van der Waals surface area (Å²) in [6, 6.07) is 110. The van der Waals surface area contributed by atoms with Crippen LogP contribution in [0.3, 0.4) is 0 Å². The Morgan fingerprint density at radius 3 is 1.25 bits per heavy atom. The average Bonchev–Trinajstić information content (AvgIpc) is 1.58. The third kappa shape index (κ3) is 8.30. The Hall–Kier alpha value is -11.4. The maximum Gasteiger partial charge on any atom is 0.248 e. The lowest BCUT2D eigenvalue weighted by Gasteiger charge is -2.39. The minimum atomic E-state index is -0.584. The predicted octanol–water partition coefficient (Wildman–Crippen LogP) is 20.2. The molecule has 0 bridgehead atoms. The van der Waals surface area contributed by atoms with E-state index in [1.807, 2.05) is 42.5 Å². The van der Waals surface area contributed by atoms with Crippen LogP contribution in [0.1, 0.15) is 50.4 Å². The zero-order valence-electron chi connectivity index (χ0n) is 48.5. The molecule has 0 saturated carbocycles. The third-order valence-corrected chi connectivity index (χ3v) is 19.0. The van der Waals surface area contributed by atoms with Crippen molar-refractivity contribution in [1.82, 2.24) is 20.2 Å². The van der Waals surface area contributed by atoms with Crippen LogP contribution in [0, 0.1) is 5.92 Å². The number of nitrogens with zero attached hydrogens (tertiary/aromatic N) is 4. The summed E-state index contributed by atoms with van der Waals surface area (Å²) in [5.41, 5.74) is 24.8. The van der Waals surface area contributed by atoms with Gasteiger partial charge in [0.15, 0.2) is 0 Å². The summed E-state index contributed by atoms with van der Waals surface area (Å²) in [6.07, 6.45) is 9.31. The van der Waals surface area contributed by atoms with E-state index in [-0.39, 0.29) is 11.8 Å². The van der Waals surface area contributed by atoms with E-state index in [2.05, 4.69) is 295 Å². The van der Waals surface area contributed by atoms with Gasteiger partial charge in [-0.15, -0.1) is 10.2 Å². The average molecular weight is 1140 g/mol. The summed E-state index contributed by atoms with van der Waals surface area (Å²) in [5.74, 6) is 1.31. The number of aromatic nitrogens is 4. The molecule has 2 unspecified atom stereocenters. The van der Waals surface area contributed by atoms with Crippen molar-refractivity contribution in [3.63, 3.8) is 0 Å². The lowest BCUT2D eigenvalue weighted by molar-refractivity contribution is 0.457. The molecule has 2 atom stereocenters. The number of allylic oxidation sites excluding steroid dienone is 4. The van der Waals surface area contributed by atoms with Crippen molar-refractivity contribution in [1.29, 1.82) is 0 Å². The minimum absolute atomic E-state index is 0.158. The highest BCUT2D eigenvalue weighted by Crippen LogP contribution is 2.61. The highest BCUT2D eigenvalue weighted by atomic mass is 16.4. The first-order valence-corrected chi connectivity index (χ1v) is 30.6. The van der Waals surface area contributed by atoms with E-state index in [1.165, 1.54) is 55.6 Å². The molecule has 17 rings (SSSR count). The smallest absolute Gasteiger partial charge is 0.248 e. The summed E-state index contributed by atoms with van der Waals surface area (Å²) < 4.78 is 6.13. The van der Waals surface area contributed by atoms with Crippen molar-refractivity contribution < 1.29 is 4.42 Å². The Kier molecular flexibility index (Phi) is 12.4. The molecule has 5 nitrogen and oxygen atoms in total. The second-order valence-electron chi connectivity index (χ2n) is 23.5. The second-order valence-corrected chi connectivity index (χ2v) is 23.5. The van der Waals surface area contributed by atoms with E-state index in [1.54, 1.807) is 0 Å². The quantitative estimate of drug-likeness (QED) is 0.129. The Balaban J connectivity index is 0.873. The van der Waals surface area contributed by atoms with E-state index in [0.717, 1.165) is 78.1 Å². The Morgan fingerprint density at radius 1 is 0.292 bits per heavy atom. The van der Waals surface area contributed by atoms with E-state index in [0.29, 0.717) is 11.8 Å². The summed E-state index contributed by atoms with van der Waals surface area (Å²) in [5, 5.41) is 8.73. The lowest BCUT2D eigenvalue weighted by atomic mass is 9.63. The van der Waals surface area contributed by atoms with Gasteiger partial charge in [0.25, 0.3) is 0 Å². The van der Waals surface area contributed by atoms with Crippen LogP contribution in [0.5, 0.6) is 0 Å². The van der Waals surface area contributed by atoms with Gasteiger partial charge in [0.1, 0.15) is 0 Å². The summed E-state index contributed by atoms with van der Waals surface area (Å²) in [7, 11) is 0. The van der Waals surface area contributed by atoms with Crippen LogP contribution in [0.15, 0.2) is 332 Å². The van der Waals surface area contributed by atoms with Gasteiger partial charge >= 0.3 is 0 Å². The van der Waals surface area contributed by atoms with Gasteiger partial charge in [-0.1, -0.05) is 291 Å². The largest absolute Gasteiger partial charge is 0.416 e. The molecule has 3 aliphatic carbocycles. The van der Waals surface area contributed by atoms with E-state index < -0.39 is 10.8 Å². The number of hydrogen-bond acceptors (Lipinski definition) is 5. The van der Waals surface area contributed by atoms with Gasteiger partial charge in [0, 0.05) is 45.2 Å². The van der Waals surface area contributed by atoms with E-state index in [9.17, 15) is 0 Å². The summed E-state index contributed by atoms with van der Waals surface area (Å²) >= 11 is 0. The van der Waals surface area contributed by atoms with Crippen molar-refractivity contribution in [3.05, 3.63) is 372 Å². The molecule has 3 aliphatic rings. The van der Waals surface area contributed by atoms with Gasteiger partial charge < -0.3 is 4.42 Å². The molecule has 14 aromatic rings. The second kappa shape index (κ2) is 21.2. The number of benzene rings is 12. The van der Waals surface area contributed by atoms with Crippen LogP contribution in [0.4, 0.5) is 0 Å². The molecule has 2 heterocycles. The maximum absolute atomic E-state index is 6.13. The lowest BCUT2D eigenvalue weighted by Crippen LogP contribution is -2.35. The minimum Gasteiger partial charge on any atom is -0.416 e. The predicted molar refractivity (Wildman–Crippen MR) is 360 cm³/mol. The zero-order chi connectivity index (χ0) is 58.9. The van der Waals surface area contributed by atoms with Crippen molar-refractivity contribution in [2.75, 3.05) is 0 Å². The molecule has 0 radical (unpaired) electrons. The maximum atomic E-state index is 6.13. The third-order valence-electron chi connectivity index (χ3n) is 19.0. The van der Waals surface area contributed by atoms with Crippen LogP contribution < -0.4 is 0 Å². The normalized spacial score (nSPS) is 15.5. The van der Waals surface area contributed by atoms with Gasteiger partial charge in [0.2, 0.25) is 11.8 Å². The van der Waals surface area contributed by atoms with Gasteiger partial charge in [-0.25, -0.2) is 9.97 Å². The number of rotatable bonds is 11. The first-order chi connectivity index (χ1) is 44.1. The molecule has 0 aliphatic heterocycles. The molecule has 5 heteroatoms. The molecular formula is C84H56N4O. The molecular weight excluding hydrogens is 1080 g/mol. The van der Waals surface area contributed by atoms with Crippen LogP contribution in [-0.4, -0.2) is 20.2 Å². The van der Waals surface area contributed by atoms with Crippen molar-refractivity contribution in [2.45, 2.75) is 16.7 Å². The van der Waals surface area contributed by atoms with Gasteiger partial charge in [-0.2, -0.15) is 0 Å². The number of fused-ring (bicyclic) bond motifs is 7. The zero-order valence-corrected chi connectivity index (χ0v) is 48.5. The van der Waals surface area contributed by atoms with Crippen LogP contribution in [0.2, 0.25) is 0 Å². The SMILES string of the molecule is C1=CC2c3ccc(-c4ccc(-c5ccc6c(c5)C(c5ccccc5)(c5ccccc5)c5ccccc5-6)c5nc(-c6ccccc6)c(-c6ccc(-c7ccc(-c8nnc(-c9ccccc9)o8)cc7)cc6)nc45)cc3C(c3ccccc3)(c3ccccc3)C2C=C1. The van der Waals surface area contributed by atoms with Crippen molar-refractivity contribution in [2.24, 2.45) is 5.92 Å². The molecule has 0 saturated heterocycles. The topological polar surface area (TPSA) is 64.7 Å². The first-order valence-electron chi connectivity index (χ1n) is 30.6. The fourth-order valence-electron chi connectivity index (χ4n) is 15.0. The highest BCUT2D eigenvalue weighted by Gasteiger charge is 2.53. The molecule has 0 spiro atoms. The van der Waals surface area contributed by atoms with Gasteiger partial charge in [-0.3, -0.25) is 0 Å². The molecule has 0 fully saturated rings. The molecule has 12 aromatic carbocycles.